The molecule has 0 aromatic heterocycles. The van der Waals surface area contributed by atoms with Gasteiger partial charge < -0.3 is 10.6 Å². The molecule has 2 saturated heterocycles. The Hall–Kier alpha value is -1.46. The van der Waals surface area contributed by atoms with Gasteiger partial charge in [-0.05, 0) is 44.0 Å². The normalized spacial score (nSPS) is 26.2. The van der Waals surface area contributed by atoms with E-state index in [1.54, 1.807) is 18.2 Å². The molecule has 2 aliphatic heterocycles. The molecular formula is C15H20FN3O. The fourth-order valence-electron chi connectivity index (χ4n) is 3.30. The molecule has 20 heavy (non-hydrogen) atoms. The lowest BCUT2D eigenvalue weighted by molar-refractivity contribution is -0.118. The van der Waals surface area contributed by atoms with Gasteiger partial charge in [0.15, 0.2) is 0 Å². The number of nitrogens with one attached hydrogen (secondary N) is 2. The Morgan fingerprint density at radius 1 is 1.40 bits per heavy atom. The number of likely N-dealkylation sites (tertiary alicyclic amines) is 1. The molecule has 2 heterocycles. The van der Waals surface area contributed by atoms with E-state index >= 15 is 0 Å². The number of rotatable bonds is 3. The van der Waals surface area contributed by atoms with Crippen molar-refractivity contribution < 1.29 is 9.18 Å². The number of amides is 1. The number of fused-ring (bicyclic) bond motifs is 1. The van der Waals surface area contributed by atoms with E-state index in [0.29, 0.717) is 18.5 Å². The summed E-state index contributed by atoms with van der Waals surface area (Å²) in [5.74, 6) is 0.132. The van der Waals surface area contributed by atoms with E-state index in [2.05, 4.69) is 15.5 Å². The Morgan fingerprint density at radius 3 is 3.10 bits per heavy atom. The van der Waals surface area contributed by atoms with Gasteiger partial charge in [0.25, 0.3) is 0 Å². The van der Waals surface area contributed by atoms with Crippen LogP contribution in [0.2, 0.25) is 0 Å². The number of halogens is 1. The zero-order valence-corrected chi connectivity index (χ0v) is 11.4. The van der Waals surface area contributed by atoms with Crippen LogP contribution in [0.15, 0.2) is 24.3 Å². The number of para-hydroxylation sites is 1. The zero-order valence-electron chi connectivity index (χ0n) is 11.4. The van der Waals surface area contributed by atoms with E-state index in [-0.39, 0.29) is 17.4 Å². The second kappa shape index (κ2) is 5.89. The summed E-state index contributed by atoms with van der Waals surface area (Å²) < 4.78 is 13.5. The van der Waals surface area contributed by atoms with Gasteiger partial charge in [-0.1, -0.05) is 12.1 Å². The highest BCUT2D eigenvalue weighted by Gasteiger charge is 2.35. The second-order valence-corrected chi connectivity index (χ2v) is 5.63. The van der Waals surface area contributed by atoms with Gasteiger partial charge in [-0.15, -0.1) is 0 Å². The van der Waals surface area contributed by atoms with Crippen LogP contribution in [0.5, 0.6) is 0 Å². The fourth-order valence-corrected chi connectivity index (χ4v) is 3.30. The summed E-state index contributed by atoms with van der Waals surface area (Å²) in [6.45, 7) is 3.30. The third kappa shape index (κ3) is 2.83. The maximum absolute atomic E-state index is 13.5. The van der Waals surface area contributed by atoms with Gasteiger partial charge in [0.1, 0.15) is 5.82 Å². The van der Waals surface area contributed by atoms with Crippen molar-refractivity contribution in [3.63, 3.8) is 0 Å². The van der Waals surface area contributed by atoms with Gasteiger partial charge in [0, 0.05) is 12.6 Å². The fraction of sp³-hybridized carbons (Fsp3) is 0.533. The number of nitrogens with zero attached hydrogens (tertiary/aromatic N) is 1. The van der Waals surface area contributed by atoms with E-state index in [0.717, 1.165) is 26.1 Å². The molecule has 3 rings (SSSR count). The van der Waals surface area contributed by atoms with Crippen molar-refractivity contribution in [1.29, 1.82) is 0 Å². The van der Waals surface area contributed by atoms with Crippen LogP contribution in [0.25, 0.3) is 0 Å². The quantitative estimate of drug-likeness (QED) is 0.879. The molecule has 0 bridgehead atoms. The van der Waals surface area contributed by atoms with Crippen molar-refractivity contribution in [3.05, 3.63) is 30.1 Å². The van der Waals surface area contributed by atoms with Gasteiger partial charge in [0.05, 0.1) is 12.2 Å². The Morgan fingerprint density at radius 2 is 2.25 bits per heavy atom. The van der Waals surface area contributed by atoms with Crippen LogP contribution in [0.1, 0.15) is 12.8 Å². The van der Waals surface area contributed by atoms with Gasteiger partial charge >= 0.3 is 0 Å². The van der Waals surface area contributed by atoms with Crippen molar-refractivity contribution in [2.45, 2.75) is 18.9 Å². The van der Waals surface area contributed by atoms with Crippen molar-refractivity contribution in [1.82, 2.24) is 10.2 Å². The molecule has 2 fully saturated rings. The smallest absolute Gasteiger partial charge is 0.238 e. The minimum atomic E-state index is -0.389. The molecule has 2 N–H and O–H groups in total. The second-order valence-electron chi connectivity index (χ2n) is 5.63. The molecule has 5 heteroatoms. The van der Waals surface area contributed by atoms with E-state index in [9.17, 15) is 9.18 Å². The minimum absolute atomic E-state index is 0.136. The third-order valence-electron chi connectivity index (χ3n) is 4.29. The molecule has 0 spiro atoms. The molecule has 2 atom stereocenters. The maximum atomic E-state index is 13.5. The summed E-state index contributed by atoms with van der Waals surface area (Å²) in [5, 5.41) is 6.05. The number of hydrogen-bond acceptors (Lipinski definition) is 3. The Balaban J connectivity index is 1.60. The van der Waals surface area contributed by atoms with Crippen LogP contribution < -0.4 is 10.6 Å². The zero-order chi connectivity index (χ0) is 13.9. The summed E-state index contributed by atoms with van der Waals surface area (Å²) in [6, 6.07) is 6.73. The summed E-state index contributed by atoms with van der Waals surface area (Å²) in [6.07, 6.45) is 2.37. The van der Waals surface area contributed by atoms with Crippen molar-refractivity contribution in [2.24, 2.45) is 5.92 Å². The molecule has 2 aliphatic rings. The van der Waals surface area contributed by atoms with Gasteiger partial charge in [-0.2, -0.15) is 0 Å². The van der Waals surface area contributed by atoms with Gasteiger partial charge in [-0.3, -0.25) is 9.69 Å². The molecule has 0 aliphatic carbocycles. The third-order valence-corrected chi connectivity index (χ3v) is 4.29. The lowest BCUT2D eigenvalue weighted by atomic mass is 9.92. The molecule has 1 amide bonds. The lowest BCUT2D eigenvalue weighted by Crippen LogP contribution is -2.48. The molecular weight excluding hydrogens is 257 g/mol. The van der Waals surface area contributed by atoms with Crippen LogP contribution in [0, 0.1) is 11.7 Å². The highest BCUT2D eigenvalue weighted by Crippen LogP contribution is 2.26. The first-order chi connectivity index (χ1) is 9.74. The van der Waals surface area contributed by atoms with Crippen molar-refractivity contribution in [3.8, 4) is 0 Å². The van der Waals surface area contributed by atoms with E-state index in [4.69, 9.17) is 0 Å². The number of piperidine rings is 1. The molecule has 0 radical (unpaired) electrons. The van der Waals surface area contributed by atoms with E-state index < -0.39 is 0 Å². The first kappa shape index (κ1) is 13.5. The standard InChI is InChI=1S/C15H20FN3O/c16-12-5-1-2-6-13(12)18-15(20)10-19-7-3-4-11-8-17-9-14(11)19/h1-2,5-6,11,14,17H,3-4,7-10H2,(H,18,20). The predicted octanol–water partition coefficient (Wildman–Crippen LogP) is 1.45. The van der Waals surface area contributed by atoms with E-state index in [1.165, 1.54) is 12.5 Å². The van der Waals surface area contributed by atoms with Gasteiger partial charge in [0.2, 0.25) is 5.91 Å². The largest absolute Gasteiger partial charge is 0.322 e. The molecule has 2 unspecified atom stereocenters. The van der Waals surface area contributed by atoms with Crippen LogP contribution in [0.4, 0.5) is 10.1 Å². The Kier molecular flexibility index (Phi) is 3.98. The number of carbonyl (C=O) groups excluding carboxylic acids is 1. The van der Waals surface area contributed by atoms with Crippen LogP contribution in [-0.4, -0.2) is 43.0 Å². The van der Waals surface area contributed by atoms with Gasteiger partial charge in [-0.25, -0.2) is 4.39 Å². The summed E-state index contributed by atoms with van der Waals surface area (Å²) in [4.78, 5) is 14.3. The van der Waals surface area contributed by atoms with Crippen LogP contribution >= 0.6 is 0 Å². The molecule has 108 valence electrons. The SMILES string of the molecule is O=C(CN1CCCC2CNCC21)Nc1ccccc1F. The monoisotopic (exact) mass is 277 g/mol. The van der Waals surface area contributed by atoms with Crippen LogP contribution in [0.3, 0.4) is 0 Å². The number of anilines is 1. The molecule has 0 saturated carbocycles. The van der Waals surface area contributed by atoms with Crippen molar-refractivity contribution in [2.75, 3.05) is 31.5 Å². The van der Waals surface area contributed by atoms with Crippen molar-refractivity contribution >= 4 is 11.6 Å². The number of hydrogen-bond donors (Lipinski definition) is 2. The average Bonchev–Trinajstić information content (AvgIpc) is 2.91. The maximum Gasteiger partial charge on any atom is 0.238 e. The average molecular weight is 277 g/mol. The highest BCUT2D eigenvalue weighted by atomic mass is 19.1. The number of benzene rings is 1. The Labute approximate surface area is 118 Å². The summed E-state index contributed by atoms with van der Waals surface area (Å²) >= 11 is 0. The first-order valence-electron chi connectivity index (χ1n) is 7.23. The minimum Gasteiger partial charge on any atom is -0.322 e. The van der Waals surface area contributed by atoms with E-state index in [1.807, 2.05) is 0 Å². The van der Waals surface area contributed by atoms with Crippen LogP contribution in [-0.2, 0) is 4.79 Å². The predicted molar refractivity (Wildman–Crippen MR) is 76.0 cm³/mol. The number of carbonyl (C=O) groups is 1. The first-order valence-corrected chi connectivity index (χ1v) is 7.23. The molecule has 1 aromatic carbocycles. The lowest BCUT2D eigenvalue weighted by Gasteiger charge is -2.36. The molecule has 1 aromatic rings. The Bertz CT molecular complexity index is 494. The molecule has 4 nitrogen and oxygen atoms in total. The summed E-state index contributed by atoms with van der Waals surface area (Å²) in [7, 11) is 0. The highest BCUT2D eigenvalue weighted by molar-refractivity contribution is 5.92. The summed E-state index contributed by atoms with van der Waals surface area (Å²) in [5.41, 5.74) is 0.260. The topological polar surface area (TPSA) is 44.4 Å².